The van der Waals surface area contributed by atoms with Gasteiger partial charge in [0.2, 0.25) is 5.88 Å². The number of hydrogen-bond acceptors (Lipinski definition) is 6. The molecule has 0 bridgehead atoms. The van der Waals surface area contributed by atoms with E-state index in [0.717, 1.165) is 22.6 Å². The number of ether oxygens (including phenoxy) is 1. The van der Waals surface area contributed by atoms with E-state index in [1.54, 1.807) is 39.3 Å². The van der Waals surface area contributed by atoms with E-state index < -0.39 is 5.60 Å². The van der Waals surface area contributed by atoms with E-state index in [1.165, 1.54) is 0 Å². The van der Waals surface area contributed by atoms with Gasteiger partial charge in [-0.1, -0.05) is 6.07 Å². The molecule has 154 valence electrons. The quantitative estimate of drug-likeness (QED) is 0.502. The topological polar surface area (TPSA) is 95.5 Å². The monoisotopic (exact) mass is 404 g/mol. The number of nitrogens with one attached hydrogen (secondary N) is 3. The van der Waals surface area contributed by atoms with Gasteiger partial charge < -0.3 is 25.8 Å². The summed E-state index contributed by atoms with van der Waals surface area (Å²) in [6, 6.07) is 14.9. The molecule has 7 heteroatoms. The first kappa shape index (κ1) is 19.7. The van der Waals surface area contributed by atoms with E-state index >= 15 is 0 Å². The Morgan fingerprint density at radius 3 is 2.57 bits per heavy atom. The molecule has 1 amide bonds. The molecule has 4 rings (SSSR count). The van der Waals surface area contributed by atoms with E-state index in [1.807, 2.05) is 36.4 Å². The minimum atomic E-state index is -0.824. The van der Waals surface area contributed by atoms with Gasteiger partial charge in [0.05, 0.1) is 35.3 Å². The van der Waals surface area contributed by atoms with Gasteiger partial charge in [-0.2, -0.15) is 0 Å². The number of benzene rings is 2. The van der Waals surface area contributed by atoms with Crippen molar-refractivity contribution in [1.29, 1.82) is 0 Å². The van der Waals surface area contributed by atoms with Crippen LogP contribution >= 0.6 is 0 Å². The molecule has 0 spiro atoms. The summed E-state index contributed by atoms with van der Waals surface area (Å²) in [4.78, 5) is 16.9. The van der Waals surface area contributed by atoms with E-state index in [0.29, 0.717) is 29.2 Å². The number of anilines is 5. The highest BCUT2D eigenvalue weighted by atomic mass is 16.5. The van der Waals surface area contributed by atoms with Gasteiger partial charge in [0.25, 0.3) is 5.91 Å². The molecule has 0 saturated heterocycles. The SMILES string of the molecule is COc1cc(Nc2ccc3c(c2)Nc2ccc(CC(C)(C)O)cc2NC3=O)ccn1. The minimum absolute atomic E-state index is 0.186. The zero-order valence-corrected chi connectivity index (χ0v) is 17.1. The summed E-state index contributed by atoms with van der Waals surface area (Å²) in [7, 11) is 1.57. The number of methoxy groups -OCH3 is 1. The summed E-state index contributed by atoms with van der Waals surface area (Å²) >= 11 is 0. The Morgan fingerprint density at radius 1 is 1.00 bits per heavy atom. The molecule has 1 aliphatic heterocycles. The Kier molecular flexibility index (Phi) is 5.05. The van der Waals surface area contributed by atoms with Crippen molar-refractivity contribution in [2.45, 2.75) is 25.9 Å². The van der Waals surface area contributed by atoms with Crippen LogP contribution in [0.1, 0.15) is 29.8 Å². The van der Waals surface area contributed by atoms with Crippen molar-refractivity contribution in [2.75, 3.05) is 23.1 Å². The van der Waals surface area contributed by atoms with Gasteiger partial charge in [0.15, 0.2) is 0 Å². The number of carbonyl (C=O) groups excluding carboxylic acids is 1. The molecule has 0 fully saturated rings. The van der Waals surface area contributed by atoms with Crippen molar-refractivity contribution in [3.05, 3.63) is 65.9 Å². The largest absolute Gasteiger partial charge is 0.481 e. The summed E-state index contributed by atoms with van der Waals surface area (Å²) in [6.45, 7) is 3.52. The lowest BCUT2D eigenvalue weighted by Crippen LogP contribution is -2.22. The van der Waals surface area contributed by atoms with Crippen LogP contribution in [-0.4, -0.2) is 28.7 Å². The molecule has 7 nitrogen and oxygen atoms in total. The summed E-state index contributed by atoms with van der Waals surface area (Å²) < 4.78 is 5.16. The Balaban J connectivity index is 1.62. The molecule has 1 aliphatic rings. The molecule has 0 aliphatic carbocycles. The van der Waals surface area contributed by atoms with Gasteiger partial charge in [-0.3, -0.25) is 4.79 Å². The van der Waals surface area contributed by atoms with E-state index in [-0.39, 0.29) is 5.91 Å². The second-order valence-corrected chi connectivity index (χ2v) is 7.92. The molecule has 0 atom stereocenters. The predicted octanol–water partition coefficient (Wildman–Crippen LogP) is 4.46. The molecule has 30 heavy (non-hydrogen) atoms. The zero-order valence-electron chi connectivity index (χ0n) is 17.1. The number of nitrogens with zero attached hydrogens (tertiary/aromatic N) is 1. The van der Waals surface area contributed by atoms with Gasteiger partial charge in [-0.15, -0.1) is 0 Å². The molecule has 1 aromatic heterocycles. The lowest BCUT2D eigenvalue weighted by atomic mass is 9.98. The first-order chi connectivity index (χ1) is 14.3. The van der Waals surface area contributed by atoms with Crippen LogP contribution < -0.4 is 20.7 Å². The number of pyridine rings is 1. The second-order valence-electron chi connectivity index (χ2n) is 7.92. The number of aliphatic hydroxyl groups is 1. The fraction of sp³-hybridized carbons (Fsp3) is 0.217. The normalized spacial score (nSPS) is 12.7. The van der Waals surface area contributed by atoms with Gasteiger partial charge in [0.1, 0.15) is 0 Å². The standard InChI is InChI=1S/C23H24N4O3/c1-23(2,29)13-14-4-7-18-20(10-14)27-22(28)17-6-5-15(11-19(17)26-18)25-16-8-9-24-21(12-16)30-3/h4-12,26,29H,13H2,1-3H3,(H,24,25)(H,27,28). The maximum atomic E-state index is 12.8. The molecular weight excluding hydrogens is 380 g/mol. The van der Waals surface area contributed by atoms with Gasteiger partial charge in [-0.05, 0) is 55.8 Å². The van der Waals surface area contributed by atoms with Crippen LogP contribution in [0.15, 0.2) is 54.7 Å². The van der Waals surface area contributed by atoms with Crippen molar-refractivity contribution in [2.24, 2.45) is 0 Å². The molecular formula is C23H24N4O3. The minimum Gasteiger partial charge on any atom is -0.481 e. The van der Waals surface area contributed by atoms with Crippen molar-refractivity contribution in [3.63, 3.8) is 0 Å². The second kappa shape index (κ2) is 7.68. The maximum Gasteiger partial charge on any atom is 0.257 e. The summed E-state index contributed by atoms with van der Waals surface area (Å²) in [5.41, 5.74) is 4.51. The predicted molar refractivity (Wildman–Crippen MR) is 118 cm³/mol. The fourth-order valence-electron chi connectivity index (χ4n) is 3.44. The smallest absolute Gasteiger partial charge is 0.257 e. The molecule has 2 aromatic carbocycles. The number of rotatable bonds is 5. The summed E-state index contributed by atoms with van der Waals surface area (Å²) in [5, 5.41) is 19.7. The molecule has 3 aromatic rings. The highest BCUT2D eigenvalue weighted by molar-refractivity contribution is 6.12. The third-order valence-corrected chi connectivity index (χ3v) is 4.74. The van der Waals surface area contributed by atoms with Gasteiger partial charge in [-0.25, -0.2) is 4.98 Å². The number of aromatic nitrogens is 1. The number of amides is 1. The Bertz CT molecular complexity index is 1110. The Labute approximate surface area is 175 Å². The Morgan fingerprint density at radius 2 is 1.80 bits per heavy atom. The van der Waals surface area contributed by atoms with Crippen molar-refractivity contribution >= 4 is 34.3 Å². The number of carbonyl (C=O) groups is 1. The Hall–Kier alpha value is -3.58. The average molecular weight is 404 g/mol. The lowest BCUT2D eigenvalue weighted by Gasteiger charge is -2.18. The van der Waals surface area contributed by atoms with Crippen LogP contribution in [0.3, 0.4) is 0 Å². The van der Waals surface area contributed by atoms with Crippen molar-refractivity contribution in [1.82, 2.24) is 4.98 Å². The van der Waals surface area contributed by atoms with E-state index in [2.05, 4.69) is 20.9 Å². The van der Waals surface area contributed by atoms with Crippen LogP contribution in [0, 0.1) is 0 Å². The van der Waals surface area contributed by atoms with Crippen LogP contribution in [0.4, 0.5) is 28.4 Å². The van der Waals surface area contributed by atoms with Crippen LogP contribution in [0.2, 0.25) is 0 Å². The summed E-state index contributed by atoms with van der Waals surface area (Å²) in [5.74, 6) is 0.330. The molecule has 4 N–H and O–H groups in total. The molecule has 0 unspecified atom stereocenters. The third kappa shape index (κ3) is 4.36. The van der Waals surface area contributed by atoms with E-state index in [9.17, 15) is 9.90 Å². The maximum absolute atomic E-state index is 12.8. The first-order valence-corrected chi connectivity index (χ1v) is 9.65. The molecule has 0 radical (unpaired) electrons. The van der Waals surface area contributed by atoms with E-state index in [4.69, 9.17) is 4.74 Å². The van der Waals surface area contributed by atoms with Crippen molar-refractivity contribution in [3.8, 4) is 5.88 Å². The zero-order chi connectivity index (χ0) is 21.3. The highest BCUT2D eigenvalue weighted by Gasteiger charge is 2.21. The van der Waals surface area contributed by atoms with Crippen LogP contribution in [-0.2, 0) is 6.42 Å². The molecule has 0 saturated carbocycles. The number of fused-ring (bicyclic) bond motifs is 2. The summed E-state index contributed by atoms with van der Waals surface area (Å²) in [6.07, 6.45) is 2.16. The van der Waals surface area contributed by atoms with Gasteiger partial charge in [0, 0.05) is 30.1 Å². The van der Waals surface area contributed by atoms with Crippen molar-refractivity contribution < 1.29 is 14.6 Å². The first-order valence-electron chi connectivity index (χ1n) is 9.65. The lowest BCUT2D eigenvalue weighted by molar-refractivity contribution is 0.0810. The highest BCUT2D eigenvalue weighted by Crippen LogP contribution is 2.35. The van der Waals surface area contributed by atoms with Crippen LogP contribution in [0.5, 0.6) is 5.88 Å². The molecule has 2 heterocycles. The van der Waals surface area contributed by atoms with Crippen LogP contribution in [0.25, 0.3) is 0 Å². The fourth-order valence-corrected chi connectivity index (χ4v) is 3.44. The third-order valence-electron chi connectivity index (χ3n) is 4.74. The average Bonchev–Trinajstić information content (AvgIpc) is 2.82. The van der Waals surface area contributed by atoms with Gasteiger partial charge >= 0.3 is 0 Å². The number of hydrogen-bond donors (Lipinski definition) is 4.